The van der Waals surface area contributed by atoms with Gasteiger partial charge in [-0.25, -0.2) is 4.79 Å². The van der Waals surface area contributed by atoms with Gasteiger partial charge in [0.05, 0.1) is 19.8 Å². The number of rotatable bonds is 7. The van der Waals surface area contributed by atoms with Crippen LogP contribution in [-0.2, 0) is 0 Å². The summed E-state index contributed by atoms with van der Waals surface area (Å²) in [4.78, 5) is 24.7. The van der Waals surface area contributed by atoms with Crippen LogP contribution >= 0.6 is 11.6 Å². The average molecular weight is 423 g/mol. The Morgan fingerprint density at radius 1 is 0.833 bits per heavy atom. The van der Waals surface area contributed by atoms with Crippen molar-refractivity contribution in [2.24, 2.45) is 0 Å². The van der Waals surface area contributed by atoms with Gasteiger partial charge >= 0.3 is 5.97 Å². The van der Waals surface area contributed by atoms with Crippen molar-refractivity contribution in [1.82, 2.24) is 0 Å². The number of halogens is 1. The number of hydrogen-bond donors (Lipinski definition) is 0. The Hall–Kier alpha value is -3.57. The van der Waals surface area contributed by atoms with Crippen LogP contribution in [0.1, 0.15) is 26.3 Å². The normalized spacial score (nSPS) is 10.6. The number of esters is 1. The maximum atomic E-state index is 12.5. The molecule has 0 N–H and O–H groups in total. The second kappa shape index (κ2) is 9.76. The van der Waals surface area contributed by atoms with Crippen molar-refractivity contribution >= 4 is 29.4 Å². The van der Waals surface area contributed by atoms with Crippen LogP contribution in [0, 0.1) is 0 Å². The predicted molar refractivity (Wildman–Crippen MR) is 116 cm³/mol. The van der Waals surface area contributed by atoms with Gasteiger partial charge in [0, 0.05) is 10.6 Å². The second-order valence-electron chi connectivity index (χ2n) is 6.24. The Labute approximate surface area is 179 Å². The summed E-state index contributed by atoms with van der Waals surface area (Å²) in [5.41, 5.74) is 1.58. The SMILES string of the molecule is COc1ccc(C(=O)Oc2cccc(C=CC(=O)c3ccc(Cl)cc3)c2)cc1OC. The molecule has 0 amide bonds. The molecule has 0 aliphatic carbocycles. The van der Waals surface area contributed by atoms with Gasteiger partial charge in [0.2, 0.25) is 0 Å². The number of ether oxygens (including phenoxy) is 3. The fraction of sp³-hybridized carbons (Fsp3) is 0.0833. The molecule has 0 unspecified atom stereocenters. The smallest absolute Gasteiger partial charge is 0.343 e. The molecule has 0 heterocycles. The minimum Gasteiger partial charge on any atom is -0.493 e. The van der Waals surface area contributed by atoms with Crippen molar-refractivity contribution in [2.75, 3.05) is 14.2 Å². The van der Waals surface area contributed by atoms with Gasteiger partial charge in [-0.2, -0.15) is 0 Å². The van der Waals surface area contributed by atoms with Crippen molar-refractivity contribution < 1.29 is 23.8 Å². The summed E-state index contributed by atoms with van der Waals surface area (Å²) in [6.07, 6.45) is 3.11. The van der Waals surface area contributed by atoms with Gasteiger partial charge in [0.15, 0.2) is 17.3 Å². The molecule has 30 heavy (non-hydrogen) atoms. The van der Waals surface area contributed by atoms with Crippen LogP contribution in [-0.4, -0.2) is 26.0 Å². The molecule has 0 atom stereocenters. The molecule has 3 aromatic rings. The largest absolute Gasteiger partial charge is 0.493 e. The molecule has 0 aliphatic rings. The van der Waals surface area contributed by atoms with E-state index in [1.165, 1.54) is 20.3 Å². The van der Waals surface area contributed by atoms with Gasteiger partial charge in [0.25, 0.3) is 0 Å². The number of carbonyl (C=O) groups is 2. The van der Waals surface area contributed by atoms with E-state index in [2.05, 4.69) is 0 Å². The maximum absolute atomic E-state index is 12.5. The van der Waals surface area contributed by atoms with Gasteiger partial charge in [0.1, 0.15) is 5.75 Å². The molecule has 3 aromatic carbocycles. The zero-order chi connectivity index (χ0) is 21.5. The zero-order valence-corrected chi connectivity index (χ0v) is 17.2. The highest BCUT2D eigenvalue weighted by molar-refractivity contribution is 6.30. The van der Waals surface area contributed by atoms with Crippen LogP contribution in [0.4, 0.5) is 0 Å². The van der Waals surface area contributed by atoms with E-state index < -0.39 is 5.97 Å². The Morgan fingerprint density at radius 3 is 2.23 bits per heavy atom. The van der Waals surface area contributed by atoms with Crippen LogP contribution in [0.2, 0.25) is 5.02 Å². The molecule has 0 saturated carbocycles. The lowest BCUT2D eigenvalue weighted by atomic mass is 10.1. The molecular formula is C24H19ClO5. The minimum absolute atomic E-state index is 0.153. The highest BCUT2D eigenvalue weighted by atomic mass is 35.5. The Bertz CT molecular complexity index is 1090. The number of ketones is 1. The highest BCUT2D eigenvalue weighted by Crippen LogP contribution is 2.28. The lowest BCUT2D eigenvalue weighted by Crippen LogP contribution is -2.09. The van der Waals surface area contributed by atoms with E-state index in [9.17, 15) is 9.59 Å². The Balaban J connectivity index is 1.71. The van der Waals surface area contributed by atoms with Gasteiger partial charge < -0.3 is 14.2 Å². The monoisotopic (exact) mass is 422 g/mol. The molecule has 0 fully saturated rings. The maximum Gasteiger partial charge on any atom is 0.343 e. The van der Waals surface area contributed by atoms with Crippen LogP contribution in [0.3, 0.4) is 0 Å². The lowest BCUT2D eigenvalue weighted by molar-refractivity contribution is 0.0734. The highest BCUT2D eigenvalue weighted by Gasteiger charge is 2.13. The van der Waals surface area contributed by atoms with E-state index in [0.717, 1.165) is 5.56 Å². The van der Waals surface area contributed by atoms with Gasteiger partial charge in [-0.1, -0.05) is 29.8 Å². The van der Waals surface area contributed by atoms with Gasteiger partial charge in [-0.05, 0) is 66.2 Å². The third-order valence-electron chi connectivity index (χ3n) is 4.24. The summed E-state index contributed by atoms with van der Waals surface area (Å²) in [7, 11) is 3.01. The molecule has 0 saturated heterocycles. The lowest BCUT2D eigenvalue weighted by Gasteiger charge is -2.09. The molecule has 5 nitrogen and oxygen atoms in total. The van der Waals surface area contributed by atoms with Crippen molar-refractivity contribution in [2.45, 2.75) is 0 Å². The summed E-state index contributed by atoms with van der Waals surface area (Å²) in [5, 5.41) is 0.569. The van der Waals surface area contributed by atoms with E-state index in [1.54, 1.807) is 72.8 Å². The Morgan fingerprint density at radius 2 is 1.53 bits per heavy atom. The molecule has 3 rings (SSSR count). The molecule has 152 valence electrons. The molecule has 0 bridgehead atoms. The van der Waals surface area contributed by atoms with Crippen LogP contribution < -0.4 is 14.2 Å². The standard InChI is InChI=1S/C24H19ClO5/c1-28-22-13-9-18(15-23(22)29-2)24(27)30-20-5-3-4-16(14-20)6-12-21(26)17-7-10-19(25)11-8-17/h3-15H,1-2H3. The minimum atomic E-state index is -0.533. The quantitative estimate of drug-likeness (QED) is 0.218. The summed E-state index contributed by atoms with van der Waals surface area (Å²) in [5.74, 6) is 0.625. The molecule has 6 heteroatoms. The zero-order valence-electron chi connectivity index (χ0n) is 16.4. The fourth-order valence-corrected chi connectivity index (χ4v) is 2.82. The number of hydrogen-bond acceptors (Lipinski definition) is 5. The molecule has 0 spiro atoms. The third-order valence-corrected chi connectivity index (χ3v) is 4.50. The fourth-order valence-electron chi connectivity index (χ4n) is 2.69. The van der Waals surface area contributed by atoms with Crippen LogP contribution in [0.25, 0.3) is 6.08 Å². The van der Waals surface area contributed by atoms with E-state index in [0.29, 0.717) is 33.4 Å². The summed E-state index contributed by atoms with van der Waals surface area (Å²) in [6, 6.07) is 18.3. The van der Waals surface area contributed by atoms with Crippen molar-refractivity contribution in [3.8, 4) is 17.2 Å². The molecular weight excluding hydrogens is 404 g/mol. The average Bonchev–Trinajstić information content (AvgIpc) is 2.77. The third kappa shape index (κ3) is 5.27. The van der Waals surface area contributed by atoms with Crippen LogP contribution in [0.15, 0.2) is 72.8 Å². The number of methoxy groups -OCH3 is 2. The van der Waals surface area contributed by atoms with Crippen molar-refractivity contribution in [3.05, 3.63) is 94.5 Å². The summed E-state index contributed by atoms with van der Waals surface area (Å²) < 4.78 is 15.8. The first-order chi connectivity index (χ1) is 14.5. The van der Waals surface area contributed by atoms with E-state index in [1.807, 2.05) is 0 Å². The number of benzene rings is 3. The summed E-state index contributed by atoms with van der Waals surface area (Å²) >= 11 is 5.84. The number of allylic oxidation sites excluding steroid dienone is 1. The number of carbonyl (C=O) groups excluding carboxylic acids is 2. The first kappa shape index (κ1) is 21.1. The van der Waals surface area contributed by atoms with E-state index in [4.69, 9.17) is 25.8 Å². The van der Waals surface area contributed by atoms with Crippen molar-refractivity contribution in [3.63, 3.8) is 0 Å². The summed E-state index contributed by atoms with van der Waals surface area (Å²) in [6.45, 7) is 0. The Kier molecular flexibility index (Phi) is 6.88. The van der Waals surface area contributed by atoms with E-state index in [-0.39, 0.29) is 5.78 Å². The van der Waals surface area contributed by atoms with Crippen LogP contribution in [0.5, 0.6) is 17.2 Å². The van der Waals surface area contributed by atoms with E-state index >= 15 is 0 Å². The predicted octanol–water partition coefficient (Wildman–Crippen LogP) is 5.47. The van der Waals surface area contributed by atoms with Gasteiger partial charge in [-0.3, -0.25) is 4.79 Å². The molecule has 0 aliphatic heterocycles. The van der Waals surface area contributed by atoms with Crippen molar-refractivity contribution in [1.29, 1.82) is 0 Å². The molecule has 0 aromatic heterocycles. The molecule has 0 radical (unpaired) electrons. The first-order valence-electron chi connectivity index (χ1n) is 9.02. The topological polar surface area (TPSA) is 61.8 Å². The second-order valence-corrected chi connectivity index (χ2v) is 6.67. The first-order valence-corrected chi connectivity index (χ1v) is 9.40. The van der Waals surface area contributed by atoms with Gasteiger partial charge in [-0.15, -0.1) is 0 Å².